The van der Waals surface area contributed by atoms with Crippen LogP contribution in [0.4, 0.5) is 4.39 Å². The Bertz CT molecular complexity index is 371. The van der Waals surface area contributed by atoms with Crippen molar-refractivity contribution in [1.29, 1.82) is 0 Å². The number of amides is 1. The number of carbonyl (C=O) groups excluding carboxylic acids is 1. The number of hydrogen-bond donors (Lipinski definition) is 2. The highest BCUT2D eigenvalue weighted by atomic mass is 79.9. The summed E-state index contributed by atoms with van der Waals surface area (Å²) in [5.74, 6) is -0.887. The molecule has 0 saturated heterocycles. The van der Waals surface area contributed by atoms with Gasteiger partial charge in [0, 0.05) is 11.0 Å². The highest BCUT2D eigenvalue weighted by Crippen LogP contribution is 2.14. The van der Waals surface area contributed by atoms with Gasteiger partial charge in [0.15, 0.2) is 0 Å². The normalized spacial score (nSPS) is 10.2. The van der Waals surface area contributed by atoms with Crippen molar-refractivity contribution in [1.82, 2.24) is 10.6 Å². The van der Waals surface area contributed by atoms with Gasteiger partial charge >= 0.3 is 0 Å². The standard InChI is InChI=1S/C11H14BrFN2O/c1-14-5-2-6-15-11(16)9-4-3-8(12)7-10(9)13/h3-4,7,14H,2,5-6H2,1H3,(H,15,16). The van der Waals surface area contributed by atoms with Gasteiger partial charge in [-0.3, -0.25) is 4.79 Å². The molecule has 16 heavy (non-hydrogen) atoms. The molecule has 3 nitrogen and oxygen atoms in total. The fourth-order valence-corrected chi connectivity index (χ4v) is 1.57. The van der Waals surface area contributed by atoms with Crippen molar-refractivity contribution in [3.05, 3.63) is 34.1 Å². The first-order chi connectivity index (χ1) is 7.65. The van der Waals surface area contributed by atoms with E-state index in [9.17, 15) is 9.18 Å². The Morgan fingerprint density at radius 3 is 2.81 bits per heavy atom. The van der Waals surface area contributed by atoms with Crippen LogP contribution in [0.25, 0.3) is 0 Å². The molecule has 5 heteroatoms. The molecule has 2 N–H and O–H groups in total. The molecular formula is C11H14BrFN2O. The predicted octanol–water partition coefficient (Wildman–Crippen LogP) is 1.93. The van der Waals surface area contributed by atoms with Crippen molar-refractivity contribution in [3.8, 4) is 0 Å². The maximum absolute atomic E-state index is 13.4. The fraction of sp³-hybridized carbons (Fsp3) is 0.364. The minimum absolute atomic E-state index is 0.0765. The Labute approximate surface area is 103 Å². The smallest absolute Gasteiger partial charge is 0.254 e. The summed E-state index contributed by atoms with van der Waals surface area (Å²) in [6, 6.07) is 4.39. The molecule has 0 unspecified atom stereocenters. The molecule has 0 aromatic heterocycles. The van der Waals surface area contributed by atoms with Gasteiger partial charge in [-0.25, -0.2) is 4.39 Å². The van der Waals surface area contributed by atoms with E-state index < -0.39 is 5.82 Å². The Balaban J connectivity index is 2.53. The van der Waals surface area contributed by atoms with Gasteiger partial charge in [-0.2, -0.15) is 0 Å². The van der Waals surface area contributed by atoms with Crippen molar-refractivity contribution in [3.63, 3.8) is 0 Å². The highest BCUT2D eigenvalue weighted by Gasteiger charge is 2.10. The molecule has 0 aliphatic carbocycles. The van der Waals surface area contributed by atoms with Crippen LogP contribution in [-0.4, -0.2) is 26.0 Å². The zero-order valence-electron chi connectivity index (χ0n) is 9.02. The third kappa shape index (κ3) is 3.90. The summed E-state index contributed by atoms with van der Waals surface area (Å²) < 4.78 is 14.0. The monoisotopic (exact) mass is 288 g/mol. The van der Waals surface area contributed by atoms with Crippen LogP contribution in [0.1, 0.15) is 16.8 Å². The average molecular weight is 289 g/mol. The minimum atomic E-state index is -0.513. The summed E-state index contributed by atoms with van der Waals surface area (Å²) in [6.45, 7) is 1.36. The van der Waals surface area contributed by atoms with E-state index in [1.54, 1.807) is 6.07 Å². The van der Waals surface area contributed by atoms with Crippen LogP contribution >= 0.6 is 15.9 Å². The molecule has 0 atom stereocenters. The molecule has 88 valence electrons. The lowest BCUT2D eigenvalue weighted by Gasteiger charge is -2.06. The molecule has 0 bridgehead atoms. The first-order valence-corrected chi connectivity index (χ1v) is 5.82. The first-order valence-electron chi connectivity index (χ1n) is 5.03. The summed E-state index contributed by atoms with van der Waals surface area (Å²) in [5, 5.41) is 5.63. The number of hydrogen-bond acceptors (Lipinski definition) is 2. The maximum Gasteiger partial charge on any atom is 0.254 e. The van der Waals surface area contributed by atoms with E-state index in [1.807, 2.05) is 7.05 Å². The molecule has 0 radical (unpaired) electrons. The molecule has 1 aromatic rings. The van der Waals surface area contributed by atoms with Crippen molar-refractivity contribution in [2.45, 2.75) is 6.42 Å². The van der Waals surface area contributed by atoms with Gasteiger partial charge in [0.25, 0.3) is 5.91 Å². The third-order valence-electron chi connectivity index (χ3n) is 2.06. The maximum atomic E-state index is 13.4. The van der Waals surface area contributed by atoms with Gasteiger partial charge in [0.05, 0.1) is 5.56 Å². The topological polar surface area (TPSA) is 41.1 Å². The second kappa shape index (κ2) is 6.60. The van der Waals surface area contributed by atoms with E-state index in [0.29, 0.717) is 11.0 Å². The van der Waals surface area contributed by atoms with Gasteiger partial charge in [0.2, 0.25) is 0 Å². The second-order valence-electron chi connectivity index (χ2n) is 3.34. The second-order valence-corrected chi connectivity index (χ2v) is 4.25. The number of halogens is 2. The van der Waals surface area contributed by atoms with Gasteiger partial charge < -0.3 is 10.6 Å². The largest absolute Gasteiger partial charge is 0.352 e. The van der Waals surface area contributed by atoms with Crippen LogP contribution in [0, 0.1) is 5.82 Å². The van der Waals surface area contributed by atoms with Crippen LogP contribution in [0.5, 0.6) is 0 Å². The fourth-order valence-electron chi connectivity index (χ4n) is 1.24. The quantitative estimate of drug-likeness (QED) is 0.813. The minimum Gasteiger partial charge on any atom is -0.352 e. The summed E-state index contributed by atoms with van der Waals surface area (Å²) in [5.41, 5.74) is 0.0765. The SMILES string of the molecule is CNCCCNC(=O)c1ccc(Br)cc1F. The first kappa shape index (κ1) is 13.1. The Morgan fingerprint density at radius 1 is 1.44 bits per heavy atom. The lowest BCUT2D eigenvalue weighted by Crippen LogP contribution is -2.27. The van der Waals surface area contributed by atoms with E-state index >= 15 is 0 Å². The van der Waals surface area contributed by atoms with E-state index in [4.69, 9.17) is 0 Å². The zero-order valence-corrected chi connectivity index (χ0v) is 10.6. The van der Waals surface area contributed by atoms with Crippen LogP contribution in [0.3, 0.4) is 0 Å². The van der Waals surface area contributed by atoms with Crippen LogP contribution in [0.2, 0.25) is 0 Å². The highest BCUT2D eigenvalue weighted by molar-refractivity contribution is 9.10. The molecule has 1 rings (SSSR count). The van der Waals surface area contributed by atoms with Gasteiger partial charge in [-0.1, -0.05) is 15.9 Å². The number of nitrogens with one attached hydrogen (secondary N) is 2. The molecule has 1 aromatic carbocycles. The zero-order chi connectivity index (χ0) is 12.0. The lowest BCUT2D eigenvalue weighted by atomic mass is 10.2. The molecule has 0 aliphatic rings. The van der Waals surface area contributed by atoms with Gasteiger partial charge in [0.1, 0.15) is 5.82 Å². The number of carbonyl (C=O) groups is 1. The van der Waals surface area contributed by atoms with Crippen LogP contribution in [-0.2, 0) is 0 Å². The summed E-state index contributed by atoms with van der Waals surface area (Å²) in [6.07, 6.45) is 0.820. The Kier molecular flexibility index (Phi) is 5.42. The van der Waals surface area contributed by atoms with E-state index in [2.05, 4.69) is 26.6 Å². The van der Waals surface area contributed by atoms with E-state index in [-0.39, 0.29) is 11.5 Å². The van der Waals surface area contributed by atoms with Crippen molar-refractivity contribution in [2.75, 3.05) is 20.1 Å². The molecule has 0 aliphatic heterocycles. The van der Waals surface area contributed by atoms with Crippen molar-refractivity contribution >= 4 is 21.8 Å². The molecular weight excluding hydrogens is 275 g/mol. The van der Waals surface area contributed by atoms with Gasteiger partial charge in [-0.05, 0) is 38.2 Å². The van der Waals surface area contributed by atoms with Crippen molar-refractivity contribution < 1.29 is 9.18 Å². The summed E-state index contributed by atoms with van der Waals surface area (Å²) >= 11 is 3.14. The molecule has 0 spiro atoms. The van der Waals surface area contributed by atoms with E-state index in [0.717, 1.165) is 13.0 Å². The van der Waals surface area contributed by atoms with E-state index in [1.165, 1.54) is 12.1 Å². The lowest BCUT2D eigenvalue weighted by molar-refractivity contribution is 0.0949. The third-order valence-corrected chi connectivity index (χ3v) is 2.56. The van der Waals surface area contributed by atoms with Gasteiger partial charge in [-0.15, -0.1) is 0 Å². The molecule has 0 saturated carbocycles. The van der Waals surface area contributed by atoms with Crippen LogP contribution < -0.4 is 10.6 Å². The van der Waals surface area contributed by atoms with Crippen LogP contribution in [0.15, 0.2) is 22.7 Å². The summed E-state index contributed by atoms with van der Waals surface area (Å²) in [4.78, 5) is 11.6. The molecule has 1 amide bonds. The molecule has 0 heterocycles. The Morgan fingerprint density at radius 2 is 2.19 bits per heavy atom. The van der Waals surface area contributed by atoms with Crippen molar-refractivity contribution in [2.24, 2.45) is 0 Å². The number of rotatable bonds is 5. The Hall–Kier alpha value is -0.940. The summed E-state index contributed by atoms with van der Waals surface area (Å²) in [7, 11) is 1.84. The average Bonchev–Trinajstić information content (AvgIpc) is 2.24. The predicted molar refractivity (Wildman–Crippen MR) is 65.0 cm³/mol. The number of benzene rings is 1. The molecule has 0 fully saturated rings.